The van der Waals surface area contributed by atoms with Crippen LogP contribution in [0.5, 0.6) is 0 Å². The third kappa shape index (κ3) is 1.99. The summed E-state index contributed by atoms with van der Waals surface area (Å²) in [6.07, 6.45) is -2.61. The zero-order chi connectivity index (χ0) is 8.97. The second kappa shape index (κ2) is 4.13. The second-order valence-corrected chi connectivity index (χ2v) is 2.35. The highest BCUT2D eigenvalue weighted by Crippen LogP contribution is 2.18. The molecule has 0 saturated heterocycles. The third-order valence-electron chi connectivity index (χ3n) is 1.55. The van der Waals surface area contributed by atoms with Gasteiger partial charge in [-0.15, -0.1) is 0 Å². The number of rotatable bonds is 3. The minimum absolute atomic E-state index is 0.370. The van der Waals surface area contributed by atoms with Crippen LogP contribution < -0.4 is 5.48 Å². The lowest BCUT2D eigenvalue weighted by atomic mass is 10.1. The van der Waals surface area contributed by atoms with Gasteiger partial charge in [0.05, 0.1) is 0 Å². The first-order valence-electron chi connectivity index (χ1n) is 3.48. The van der Waals surface area contributed by atoms with E-state index in [2.05, 4.69) is 0 Å². The van der Waals surface area contributed by atoms with Crippen LogP contribution in [0, 0.1) is 0 Å². The molecule has 0 aromatic heterocycles. The lowest BCUT2D eigenvalue weighted by molar-refractivity contribution is 0.0198. The van der Waals surface area contributed by atoms with E-state index in [0.29, 0.717) is 5.56 Å². The predicted molar refractivity (Wildman–Crippen MR) is 40.1 cm³/mol. The van der Waals surface area contributed by atoms with Crippen molar-refractivity contribution in [3.05, 3.63) is 35.9 Å². The van der Waals surface area contributed by atoms with Gasteiger partial charge in [0.25, 0.3) is 6.43 Å². The van der Waals surface area contributed by atoms with Crippen LogP contribution in [0.3, 0.4) is 0 Å². The van der Waals surface area contributed by atoms with E-state index in [9.17, 15) is 8.78 Å². The highest BCUT2D eigenvalue weighted by Gasteiger charge is 2.20. The summed E-state index contributed by atoms with van der Waals surface area (Å²) in [5.74, 6) is 0. The molecule has 66 valence electrons. The van der Waals surface area contributed by atoms with Crippen molar-refractivity contribution in [3.8, 4) is 0 Å². The van der Waals surface area contributed by atoms with E-state index in [1.807, 2.05) is 0 Å². The van der Waals surface area contributed by atoms with E-state index >= 15 is 0 Å². The monoisotopic (exact) mass is 173 g/mol. The van der Waals surface area contributed by atoms with Crippen molar-refractivity contribution < 1.29 is 14.0 Å². The van der Waals surface area contributed by atoms with E-state index in [1.165, 1.54) is 12.1 Å². The maximum absolute atomic E-state index is 12.2. The minimum Gasteiger partial charge on any atom is -0.316 e. The Kier molecular flexibility index (Phi) is 3.13. The lowest BCUT2D eigenvalue weighted by Gasteiger charge is -2.13. The minimum atomic E-state index is -2.61. The molecule has 2 N–H and O–H groups in total. The molecule has 0 aliphatic heterocycles. The molecule has 0 aliphatic rings. The highest BCUT2D eigenvalue weighted by molar-refractivity contribution is 5.18. The Labute approximate surface area is 68.8 Å². The third-order valence-corrected chi connectivity index (χ3v) is 1.55. The molecule has 0 saturated carbocycles. The maximum atomic E-state index is 12.2. The molecule has 0 radical (unpaired) electrons. The van der Waals surface area contributed by atoms with Gasteiger partial charge in [-0.3, -0.25) is 0 Å². The van der Waals surface area contributed by atoms with Crippen LogP contribution in [-0.2, 0) is 0 Å². The van der Waals surface area contributed by atoms with E-state index in [-0.39, 0.29) is 0 Å². The summed E-state index contributed by atoms with van der Waals surface area (Å²) in [6, 6.07) is 6.76. The van der Waals surface area contributed by atoms with Crippen LogP contribution in [0.25, 0.3) is 0 Å². The fourth-order valence-electron chi connectivity index (χ4n) is 0.937. The van der Waals surface area contributed by atoms with Crippen molar-refractivity contribution in [3.63, 3.8) is 0 Å². The largest absolute Gasteiger partial charge is 0.316 e. The Morgan fingerprint density at radius 3 is 2.17 bits per heavy atom. The molecule has 0 fully saturated rings. The zero-order valence-electron chi connectivity index (χ0n) is 6.24. The van der Waals surface area contributed by atoms with E-state index in [0.717, 1.165) is 0 Å². The van der Waals surface area contributed by atoms with Crippen molar-refractivity contribution in [1.82, 2.24) is 5.48 Å². The molecule has 0 aliphatic carbocycles. The number of alkyl halides is 2. The molecule has 1 atom stereocenters. The van der Waals surface area contributed by atoms with Gasteiger partial charge in [-0.05, 0) is 5.56 Å². The van der Waals surface area contributed by atoms with Crippen LogP contribution in [0.1, 0.15) is 11.6 Å². The van der Waals surface area contributed by atoms with Gasteiger partial charge in [0.2, 0.25) is 0 Å². The molecule has 1 rings (SSSR count). The van der Waals surface area contributed by atoms with Gasteiger partial charge in [-0.1, -0.05) is 30.3 Å². The van der Waals surface area contributed by atoms with Gasteiger partial charge in [0.15, 0.2) is 0 Å². The van der Waals surface area contributed by atoms with Crippen LogP contribution >= 0.6 is 0 Å². The second-order valence-electron chi connectivity index (χ2n) is 2.35. The molecule has 1 aromatic carbocycles. The molecule has 0 unspecified atom stereocenters. The number of nitrogens with one attached hydrogen (secondary N) is 1. The molecule has 4 heteroatoms. The van der Waals surface area contributed by atoms with Crippen LogP contribution in [0.15, 0.2) is 30.3 Å². The van der Waals surface area contributed by atoms with E-state index in [1.54, 1.807) is 23.7 Å². The van der Waals surface area contributed by atoms with Crippen molar-refractivity contribution in [2.24, 2.45) is 0 Å². The Balaban J connectivity index is 2.80. The molecule has 0 bridgehead atoms. The van der Waals surface area contributed by atoms with Gasteiger partial charge in [0.1, 0.15) is 6.04 Å². The highest BCUT2D eigenvalue weighted by atomic mass is 19.3. The Morgan fingerprint density at radius 2 is 1.75 bits per heavy atom. The normalized spacial score (nSPS) is 13.3. The summed E-state index contributed by atoms with van der Waals surface area (Å²) in [5, 5.41) is 8.42. The van der Waals surface area contributed by atoms with Crippen molar-refractivity contribution in [2.75, 3.05) is 0 Å². The van der Waals surface area contributed by atoms with Crippen LogP contribution in [0.4, 0.5) is 8.78 Å². The standard InChI is InChI=1S/C8H9F2NO/c9-8(10)7(11-12)6-4-2-1-3-5-6/h1-5,7-8,11-12H/t7-/m0/s1. The molecule has 2 nitrogen and oxygen atoms in total. The fraction of sp³-hybridized carbons (Fsp3) is 0.250. The molecule has 0 amide bonds. The number of hydroxylamine groups is 1. The quantitative estimate of drug-likeness (QED) is 0.685. The molecule has 1 aromatic rings. The summed E-state index contributed by atoms with van der Waals surface area (Å²) < 4.78 is 24.3. The first kappa shape index (κ1) is 9.09. The summed E-state index contributed by atoms with van der Waals surface area (Å²) in [6.45, 7) is 0. The predicted octanol–water partition coefficient (Wildman–Crippen LogP) is 1.97. The van der Waals surface area contributed by atoms with Gasteiger partial charge in [-0.2, -0.15) is 5.48 Å². The van der Waals surface area contributed by atoms with Crippen molar-refractivity contribution in [1.29, 1.82) is 0 Å². The molecule has 12 heavy (non-hydrogen) atoms. The molecule has 0 spiro atoms. The van der Waals surface area contributed by atoms with E-state index in [4.69, 9.17) is 5.21 Å². The van der Waals surface area contributed by atoms with Gasteiger partial charge >= 0.3 is 0 Å². The summed E-state index contributed by atoms with van der Waals surface area (Å²) in [7, 11) is 0. The first-order valence-corrected chi connectivity index (χ1v) is 3.48. The first-order chi connectivity index (χ1) is 5.75. The maximum Gasteiger partial charge on any atom is 0.260 e. The van der Waals surface area contributed by atoms with E-state index < -0.39 is 12.5 Å². The molecular weight excluding hydrogens is 164 g/mol. The number of hydrogen-bond acceptors (Lipinski definition) is 2. The smallest absolute Gasteiger partial charge is 0.260 e. The van der Waals surface area contributed by atoms with Crippen LogP contribution in [0.2, 0.25) is 0 Å². The summed E-state index contributed by atoms with van der Waals surface area (Å²) >= 11 is 0. The zero-order valence-corrected chi connectivity index (χ0v) is 6.24. The Morgan fingerprint density at radius 1 is 1.17 bits per heavy atom. The average Bonchev–Trinajstić information content (AvgIpc) is 2.07. The Hall–Kier alpha value is -1.00. The van der Waals surface area contributed by atoms with Gasteiger partial charge < -0.3 is 5.21 Å². The number of hydrogen-bond donors (Lipinski definition) is 2. The van der Waals surface area contributed by atoms with Gasteiger partial charge in [-0.25, -0.2) is 8.78 Å². The van der Waals surface area contributed by atoms with Crippen molar-refractivity contribution >= 4 is 0 Å². The number of benzene rings is 1. The SMILES string of the molecule is ON[C@@H](c1ccccc1)C(F)F. The van der Waals surface area contributed by atoms with Gasteiger partial charge in [0, 0.05) is 0 Å². The number of halogens is 2. The lowest BCUT2D eigenvalue weighted by Crippen LogP contribution is -2.23. The topological polar surface area (TPSA) is 32.3 Å². The summed E-state index contributed by atoms with van der Waals surface area (Å²) in [5.41, 5.74) is 1.94. The molecule has 0 heterocycles. The fourth-order valence-corrected chi connectivity index (χ4v) is 0.937. The van der Waals surface area contributed by atoms with Crippen molar-refractivity contribution in [2.45, 2.75) is 12.5 Å². The average molecular weight is 173 g/mol. The molecular formula is C8H9F2NO. The summed E-state index contributed by atoms with van der Waals surface area (Å²) in [4.78, 5) is 0. The Bertz CT molecular complexity index is 228. The van der Waals surface area contributed by atoms with Crippen LogP contribution in [-0.4, -0.2) is 11.6 Å².